The normalized spacial score (nSPS) is 9.74. The Hall–Kier alpha value is -2.67. The second-order valence-corrected chi connectivity index (χ2v) is 4.24. The highest BCUT2D eigenvalue weighted by atomic mass is 16.5. The van der Waals surface area contributed by atoms with E-state index >= 15 is 0 Å². The Morgan fingerprint density at radius 3 is 2.63 bits per heavy atom. The fraction of sp³-hybridized carbons (Fsp3) is 0.133. The third-order valence-electron chi connectivity index (χ3n) is 2.81. The molecule has 0 aromatic heterocycles. The maximum absolute atomic E-state index is 8.85. The Labute approximate surface area is 112 Å². The Kier molecular flexibility index (Phi) is 3.58. The first-order valence-corrected chi connectivity index (χ1v) is 5.85. The van der Waals surface area contributed by atoms with Gasteiger partial charge >= 0.3 is 0 Å². The fourth-order valence-corrected chi connectivity index (χ4v) is 1.82. The van der Waals surface area contributed by atoms with Gasteiger partial charge in [0.2, 0.25) is 0 Å². The van der Waals surface area contributed by atoms with Crippen LogP contribution in [0.4, 0.5) is 17.1 Å². The largest absolute Gasteiger partial charge is 0.495 e. The molecule has 0 bridgehead atoms. The molecule has 3 N–H and O–H groups in total. The molecule has 2 rings (SSSR count). The first-order valence-electron chi connectivity index (χ1n) is 5.85. The van der Waals surface area contributed by atoms with Crippen molar-refractivity contribution in [3.05, 3.63) is 47.5 Å². The molecule has 0 saturated heterocycles. The summed E-state index contributed by atoms with van der Waals surface area (Å²) in [4.78, 5) is 0. The van der Waals surface area contributed by atoms with Crippen molar-refractivity contribution in [3.63, 3.8) is 0 Å². The minimum Gasteiger partial charge on any atom is -0.495 e. The third kappa shape index (κ3) is 2.78. The van der Waals surface area contributed by atoms with Crippen LogP contribution < -0.4 is 15.8 Å². The highest BCUT2D eigenvalue weighted by molar-refractivity contribution is 5.71. The van der Waals surface area contributed by atoms with Crippen LogP contribution in [0.5, 0.6) is 5.75 Å². The van der Waals surface area contributed by atoms with Gasteiger partial charge in [-0.2, -0.15) is 5.26 Å². The van der Waals surface area contributed by atoms with E-state index in [-0.39, 0.29) is 0 Å². The number of ether oxygens (including phenoxy) is 1. The first-order chi connectivity index (χ1) is 9.13. The Bertz CT molecular complexity index is 644. The SMILES string of the molecule is COc1ccc(C)cc1Nc1ccc(C#N)c(N)c1. The van der Waals surface area contributed by atoms with E-state index < -0.39 is 0 Å². The van der Waals surface area contributed by atoms with E-state index in [0.29, 0.717) is 11.3 Å². The third-order valence-corrected chi connectivity index (χ3v) is 2.81. The summed E-state index contributed by atoms with van der Waals surface area (Å²) in [6.45, 7) is 2.01. The van der Waals surface area contributed by atoms with Crippen LogP contribution in [-0.2, 0) is 0 Å². The van der Waals surface area contributed by atoms with E-state index in [1.54, 1.807) is 19.2 Å². The van der Waals surface area contributed by atoms with Gasteiger partial charge in [0.25, 0.3) is 0 Å². The fourth-order valence-electron chi connectivity index (χ4n) is 1.82. The molecule has 0 unspecified atom stereocenters. The molecule has 4 nitrogen and oxygen atoms in total. The molecule has 0 saturated carbocycles. The lowest BCUT2D eigenvalue weighted by molar-refractivity contribution is 0.416. The molecule has 0 aliphatic rings. The van der Waals surface area contributed by atoms with Gasteiger partial charge < -0.3 is 15.8 Å². The van der Waals surface area contributed by atoms with Gasteiger partial charge in [-0.3, -0.25) is 0 Å². The molecular weight excluding hydrogens is 238 g/mol. The molecular formula is C15H15N3O. The zero-order valence-corrected chi connectivity index (χ0v) is 10.9. The van der Waals surface area contributed by atoms with Crippen LogP contribution in [0.3, 0.4) is 0 Å². The number of nitrogens with two attached hydrogens (primary N) is 1. The van der Waals surface area contributed by atoms with Crippen molar-refractivity contribution >= 4 is 17.1 Å². The molecule has 0 aliphatic carbocycles. The van der Waals surface area contributed by atoms with Crippen LogP contribution >= 0.6 is 0 Å². The number of methoxy groups -OCH3 is 1. The van der Waals surface area contributed by atoms with E-state index in [4.69, 9.17) is 15.7 Å². The minimum atomic E-state index is 0.458. The zero-order valence-electron chi connectivity index (χ0n) is 10.9. The smallest absolute Gasteiger partial charge is 0.142 e. The van der Waals surface area contributed by atoms with Gasteiger partial charge in [0, 0.05) is 5.69 Å². The number of nitrogen functional groups attached to an aromatic ring is 1. The van der Waals surface area contributed by atoms with Crippen LogP contribution in [0.25, 0.3) is 0 Å². The van der Waals surface area contributed by atoms with Crippen LogP contribution in [-0.4, -0.2) is 7.11 Å². The summed E-state index contributed by atoms with van der Waals surface area (Å²) in [6, 6.07) is 13.2. The second-order valence-electron chi connectivity index (χ2n) is 4.24. The van der Waals surface area contributed by atoms with Gasteiger partial charge in [-0.15, -0.1) is 0 Å². The van der Waals surface area contributed by atoms with Crippen molar-refractivity contribution in [2.75, 3.05) is 18.2 Å². The van der Waals surface area contributed by atoms with E-state index in [0.717, 1.165) is 22.7 Å². The number of benzene rings is 2. The molecule has 0 fully saturated rings. The highest BCUT2D eigenvalue weighted by Crippen LogP contribution is 2.29. The van der Waals surface area contributed by atoms with Gasteiger partial charge in [0.15, 0.2) is 0 Å². The summed E-state index contributed by atoms with van der Waals surface area (Å²) in [5, 5.41) is 12.1. The molecule has 0 amide bonds. The quantitative estimate of drug-likeness (QED) is 0.824. The van der Waals surface area contributed by atoms with Crippen molar-refractivity contribution in [2.24, 2.45) is 0 Å². The van der Waals surface area contributed by atoms with E-state index in [1.165, 1.54) is 0 Å². The Morgan fingerprint density at radius 2 is 2.00 bits per heavy atom. The number of rotatable bonds is 3. The Balaban J connectivity index is 2.33. The van der Waals surface area contributed by atoms with Crippen LogP contribution in [0.1, 0.15) is 11.1 Å². The lowest BCUT2D eigenvalue weighted by Gasteiger charge is -2.12. The average molecular weight is 253 g/mol. The summed E-state index contributed by atoms with van der Waals surface area (Å²) < 4.78 is 5.30. The molecule has 0 aliphatic heterocycles. The standard InChI is InChI=1S/C15H15N3O/c1-10-3-6-15(19-2)14(7-10)18-12-5-4-11(9-16)13(17)8-12/h3-8,18H,17H2,1-2H3. The zero-order chi connectivity index (χ0) is 13.8. The first kappa shape index (κ1) is 12.8. The van der Waals surface area contributed by atoms with Crippen LogP contribution in [0.2, 0.25) is 0 Å². The van der Waals surface area contributed by atoms with Crippen molar-refractivity contribution < 1.29 is 4.74 Å². The van der Waals surface area contributed by atoms with Gasteiger partial charge in [-0.1, -0.05) is 6.07 Å². The lowest BCUT2D eigenvalue weighted by atomic mass is 10.1. The maximum Gasteiger partial charge on any atom is 0.142 e. The predicted molar refractivity (Wildman–Crippen MR) is 76.6 cm³/mol. The van der Waals surface area contributed by atoms with Gasteiger partial charge in [0.05, 0.1) is 24.0 Å². The van der Waals surface area contributed by atoms with Crippen LogP contribution in [0.15, 0.2) is 36.4 Å². The number of nitrogens with one attached hydrogen (secondary N) is 1. The molecule has 0 spiro atoms. The number of nitriles is 1. The predicted octanol–water partition coefficient (Wildman–Crippen LogP) is 3.20. The van der Waals surface area contributed by atoms with Gasteiger partial charge in [0.1, 0.15) is 11.8 Å². The van der Waals surface area contributed by atoms with Crippen LogP contribution in [0, 0.1) is 18.3 Å². The van der Waals surface area contributed by atoms with Gasteiger partial charge in [-0.25, -0.2) is 0 Å². The number of hydrogen-bond acceptors (Lipinski definition) is 4. The summed E-state index contributed by atoms with van der Waals surface area (Å²) in [7, 11) is 1.63. The molecule has 96 valence electrons. The number of nitrogens with zero attached hydrogens (tertiary/aromatic N) is 1. The summed E-state index contributed by atoms with van der Waals surface area (Å²) in [5.74, 6) is 0.758. The monoisotopic (exact) mass is 253 g/mol. The molecule has 2 aromatic carbocycles. The molecule has 2 aromatic rings. The molecule has 0 heterocycles. The average Bonchev–Trinajstić information content (AvgIpc) is 2.39. The molecule has 19 heavy (non-hydrogen) atoms. The number of aryl methyl sites for hydroxylation is 1. The van der Waals surface area contributed by atoms with Gasteiger partial charge in [-0.05, 0) is 42.8 Å². The molecule has 0 atom stereocenters. The molecule has 0 radical (unpaired) electrons. The minimum absolute atomic E-state index is 0.458. The number of anilines is 3. The lowest BCUT2D eigenvalue weighted by Crippen LogP contribution is -1.97. The molecule has 4 heteroatoms. The van der Waals surface area contributed by atoms with Crippen molar-refractivity contribution in [1.82, 2.24) is 0 Å². The highest BCUT2D eigenvalue weighted by Gasteiger charge is 2.05. The van der Waals surface area contributed by atoms with E-state index in [2.05, 4.69) is 5.32 Å². The summed E-state index contributed by atoms with van der Waals surface area (Å²) in [5.41, 5.74) is 9.54. The van der Waals surface area contributed by atoms with E-state index in [9.17, 15) is 0 Å². The van der Waals surface area contributed by atoms with Crippen molar-refractivity contribution in [1.29, 1.82) is 5.26 Å². The van der Waals surface area contributed by atoms with E-state index in [1.807, 2.05) is 37.3 Å². The second kappa shape index (κ2) is 5.32. The number of hydrogen-bond donors (Lipinski definition) is 2. The summed E-state index contributed by atoms with van der Waals surface area (Å²) in [6.07, 6.45) is 0. The van der Waals surface area contributed by atoms with Crippen molar-refractivity contribution in [2.45, 2.75) is 6.92 Å². The summed E-state index contributed by atoms with van der Waals surface area (Å²) >= 11 is 0. The topological polar surface area (TPSA) is 71.1 Å². The van der Waals surface area contributed by atoms with Crippen molar-refractivity contribution in [3.8, 4) is 11.8 Å². The Morgan fingerprint density at radius 1 is 1.21 bits per heavy atom. The maximum atomic E-state index is 8.85.